The lowest BCUT2D eigenvalue weighted by atomic mass is 10.0. The highest BCUT2D eigenvalue weighted by Crippen LogP contribution is 2.37. The number of hydrogen-bond donors (Lipinski definition) is 2. The molecular weight excluding hydrogens is 480 g/mol. The number of methoxy groups -OCH3 is 1. The van der Waals surface area contributed by atoms with E-state index < -0.39 is 12.1 Å². The normalized spacial score (nSPS) is 20.1. The van der Waals surface area contributed by atoms with Gasteiger partial charge in [0, 0.05) is 49.9 Å². The van der Waals surface area contributed by atoms with Crippen molar-refractivity contribution in [1.29, 1.82) is 0 Å². The van der Waals surface area contributed by atoms with E-state index in [0.717, 1.165) is 34.6 Å². The summed E-state index contributed by atoms with van der Waals surface area (Å²) in [5.41, 5.74) is 10.0. The molecule has 10 heteroatoms. The first-order chi connectivity index (χ1) is 16.9. The highest BCUT2D eigenvalue weighted by atomic mass is 35.5. The molecule has 0 radical (unpaired) electrons. The summed E-state index contributed by atoms with van der Waals surface area (Å²) >= 11 is 0. The Morgan fingerprint density at radius 1 is 1.25 bits per heavy atom. The summed E-state index contributed by atoms with van der Waals surface area (Å²) in [7, 11) is 3.59. The summed E-state index contributed by atoms with van der Waals surface area (Å²) in [4.78, 5) is 24.6. The number of fused-ring (bicyclic) bond motifs is 2. The Hall–Kier alpha value is -3.14. The number of imidazole rings is 1. The minimum absolute atomic E-state index is 0. The van der Waals surface area contributed by atoms with E-state index >= 15 is 0 Å². The van der Waals surface area contributed by atoms with Crippen LogP contribution in [0.4, 0.5) is 0 Å². The van der Waals surface area contributed by atoms with E-state index in [4.69, 9.17) is 15.5 Å². The molecule has 4 aromatic rings. The van der Waals surface area contributed by atoms with Crippen molar-refractivity contribution in [3.63, 3.8) is 0 Å². The molecule has 1 saturated heterocycles. The number of aryl methyl sites for hydroxylation is 1. The molecule has 0 unspecified atom stereocenters. The van der Waals surface area contributed by atoms with Crippen LogP contribution in [0.2, 0.25) is 0 Å². The molecule has 4 heterocycles. The van der Waals surface area contributed by atoms with Gasteiger partial charge in [-0.1, -0.05) is 0 Å². The minimum atomic E-state index is -0.578. The maximum Gasteiger partial charge on any atom is 0.254 e. The summed E-state index contributed by atoms with van der Waals surface area (Å²) in [6, 6.07) is 9.33. The van der Waals surface area contributed by atoms with Gasteiger partial charge in [-0.15, -0.1) is 12.4 Å². The number of halogens is 1. The van der Waals surface area contributed by atoms with E-state index in [0.29, 0.717) is 42.3 Å². The fourth-order valence-corrected chi connectivity index (χ4v) is 5.17. The number of amides is 1. The predicted octanol–water partition coefficient (Wildman–Crippen LogP) is 2.96. The van der Waals surface area contributed by atoms with Crippen molar-refractivity contribution in [3.8, 4) is 17.3 Å². The molecule has 1 aliphatic carbocycles. The molecule has 0 bridgehead atoms. The van der Waals surface area contributed by atoms with E-state index in [1.807, 2.05) is 29.9 Å². The van der Waals surface area contributed by atoms with E-state index in [9.17, 15) is 9.90 Å². The van der Waals surface area contributed by atoms with Crippen molar-refractivity contribution < 1.29 is 14.6 Å². The SMILES string of the molecule is COc1cc(C(=O)N2CC[C@@H](O)[C@@H](N)C2)cc2nc(-c3cc4cccnc4n3CC3CC3)n(C)c12.Cl. The van der Waals surface area contributed by atoms with Gasteiger partial charge in [-0.05, 0) is 55.5 Å². The van der Waals surface area contributed by atoms with Gasteiger partial charge >= 0.3 is 0 Å². The number of aromatic nitrogens is 4. The third kappa shape index (κ3) is 4.11. The van der Waals surface area contributed by atoms with Crippen LogP contribution in [0, 0.1) is 5.92 Å². The van der Waals surface area contributed by atoms with Gasteiger partial charge in [0.15, 0.2) is 5.82 Å². The smallest absolute Gasteiger partial charge is 0.254 e. The second-order valence-electron chi connectivity index (χ2n) is 9.81. The van der Waals surface area contributed by atoms with Gasteiger partial charge in [0.1, 0.15) is 16.9 Å². The van der Waals surface area contributed by atoms with Crippen LogP contribution in [0.25, 0.3) is 33.6 Å². The number of aliphatic hydroxyl groups is 1. The summed E-state index contributed by atoms with van der Waals surface area (Å²) in [5, 5.41) is 11.0. The highest BCUT2D eigenvalue weighted by molar-refractivity contribution is 6.00. The summed E-state index contributed by atoms with van der Waals surface area (Å²) < 4.78 is 10.0. The number of carbonyl (C=O) groups is 1. The largest absolute Gasteiger partial charge is 0.494 e. The Morgan fingerprint density at radius 2 is 2.06 bits per heavy atom. The lowest BCUT2D eigenvalue weighted by Gasteiger charge is -2.34. The van der Waals surface area contributed by atoms with Crippen molar-refractivity contribution in [3.05, 3.63) is 42.1 Å². The Bertz CT molecular complexity index is 1440. The number of likely N-dealkylation sites (tertiary alicyclic amines) is 1. The number of nitrogens with two attached hydrogens (primary N) is 1. The maximum absolute atomic E-state index is 13.3. The zero-order valence-corrected chi connectivity index (χ0v) is 21.2. The third-order valence-corrected chi connectivity index (χ3v) is 7.33. The van der Waals surface area contributed by atoms with Crippen LogP contribution < -0.4 is 10.5 Å². The number of hydrogen-bond acceptors (Lipinski definition) is 6. The van der Waals surface area contributed by atoms with Crippen molar-refractivity contribution in [2.45, 2.75) is 38.0 Å². The highest BCUT2D eigenvalue weighted by Gasteiger charge is 2.30. The van der Waals surface area contributed by atoms with Crippen LogP contribution >= 0.6 is 12.4 Å². The van der Waals surface area contributed by atoms with Gasteiger partial charge in [-0.2, -0.15) is 0 Å². The molecule has 1 amide bonds. The topological polar surface area (TPSA) is 111 Å². The molecule has 0 spiro atoms. The van der Waals surface area contributed by atoms with E-state index in [1.165, 1.54) is 12.8 Å². The fraction of sp³-hybridized carbons (Fsp3) is 0.423. The van der Waals surface area contributed by atoms with Crippen molar-refractivity contribution in [2.24, 2.45) is 18.7 Å². The summed E-state index contributed by atoms with van der Waals surface area (Å²) in [5.74, 6) is 1.95. The van der Waals surface area contributed by atoms with E-state index in [2.05, 4.69) is 21.7 Å². The molecule has 9 nitrogen and oxygen atoms in total. The van der Waals surface area contributed by atoms with Gasteiger partial charge in [-0.25, -0.2) is 9.97 Å². The maximum atomic E-state index is 13.3. The first-order valence-electron chi connectivity index (χ1n) is 12.2. The molecular formula is C26H31ClN6O3. The Labute approximate surface area is 215 Å². The lowest BCUT2D eigenvalue weighted by molar-refractivity contribution is 0.0459. The van der Waals surface area contributed by atoms with Gasteiger partial charge in [0.25, 0.3) is 5.91 Å². The van der Waals surface area contributed by atoms with Crippen LogP contribution in [0.1, 0.15) is 29.6 Å². The number of rotatable bonds is 5. The molecule has 3 N–H and O–H groups in total. The molecule has 1 saturated carbocycles. The number of aliphatic hydroxyl groups excluding tert-OH is 1. The Morgan fingerprint density at radius 3 is 2.78 bits per heavy atom. The number of pyridine rings is 1. The standard InChI is InChI=1S/C26H30N6O3.ClH/c1-30-23-19(10-17(12-22(23)35-2)26(34)31-9-7-21(33)18(27)14-31)29-25(30)20-11-16-4-3-8-28-24(16)32(20)13-15-5-6-15;/h3-4,8,10-12,15,18,21,33H,5-7,9,13-14,27H2,1-2H3;1H/t18-,21+;/m0./s1. The molecule has 190 valence electrons. The van der Waals surface area contributed by atoms with Gasteiger partial charge in [0.2, 0.25) is 0 Å². The van der Waals surface area contributed by atoms with E-state index in [-0.39, 0.29) is 18.3 Å². The molecule has 2 atom stereocenters. The molecule has 6 rings (SSSR count). The molecule has 3 aromatic heterocycles. The third-order valence-electron chi connectivity index (χ3n) is 7.33. The number of carbonyl (C=O) groups excluding carboxylic acids is 1. The zero-order chi connectivity index (χ0) is 24.3. The molecule has 2 aliphatic rings. The van der Waals surface area contributed by atoms with E-state index in [1.54, 1.807) is 18.1 Å². The predicted molar refractivity (Wildman–Crippen MR) is 140 cm³/mol. The van der Waals surface area contributed by atoms with Crippen LogP contribution in [-0.2, 0) is 13.6 Å². The van der Waals surface area contributed by atoms with Crippen molar-refractivity contribution in [2.75, 3.05) is 20.2 Å². The van der Waals surface area contributed by atoms with Gasteiger partial charge in [0.05, 0.1) is 24.4 Å². The average Bonchev–Trinajstić information content (AvgIpc) is 3.53. The quantitative estimate of drug-likeness (QED) is 0.427. The number of benzene rings is 1. The lowest BCUT2D eigenvalue weighted by Crippen LogP contribution is -2.53. The number of ether oxygens (including phenoxy) is 1. The fourth-order valence-electron chi connectivity index (χ4n) is 5.17. The van der Waals surface area contributed by atoms with Crippen molar-refractivity contribution in [1.82, 2.24) is 24.0 Å². The molecule has 1 aliphatic heterocycles. The van der Waals surface area contributed by atoms with Gasteiger partial charge in [-0.3, -0.25) is 4.79 Å². The van der Waals surface area contributed by atoms with Gasteiger partial charge < -0.3 is 29.6 Å². The summed E-state index contributed by atoms with van der Waals surface area (Å²) in [6.45, 7) is 1.71. The Balaban J connectivity index is 0.00000267. The average molecular weight is 511 g/mol. The number of piperidine rings is 1. The van der Waals surface area contributed by atoms with Crippen LogP contribution in [0.3, 0.4) is 0 Å². The van der Waals surface area contributed by atoms with Crippen LogP contribution in [-0.4, -0.2) is 67.4 Å². The molecule has 36 heavy (non-hydrogen) atoms. The first-order valence-corrected chi connectivity index (χ1v) is 12.2. The second-order valence-corrected chi connectivity index (χ2v) is 9.81. The second kappa shape index (κ2) is 9.38. The Kier molecular flexibility index (Phi) is 6.40. The van der Waals surface area contributed by atoms with Crippen LogP contribution in [0.15, 0.2) is 36.5 Å². The van der Waals surface area contributed by atoms with Crippen LogP contribution in [0.5, 0.6) is 5.75 Å². The zero-order valence-electron chi connectivity index (χ0n) is 20.4. The van der Waals surface area contributed by atoms with Crippen molar-refractivity contribution >= 4 is 40.4 Å². The summed E-state index contributed by atoms with van der Waals surface area (Å²) in [6.07, 6.45) is 4.21. The number of nitrogens with zero attached hydrogens (tertiary/aromatic N) is 5. The first kappa shape index (κ1) is 24.5. The molecule has 2 fully saturated rings. The minimum Gasteiger partial charge on any atom is -0.494 e. The monoisotopic (exact) mass is 510 g/mol. The molecule has 1 aromatic carbocycles.